The van der Waals surface area contributed by atoms with Crippen molar-refractivity contribution in [2.24, 2.45) is 0 Å². The van der Waals surface area contributed by atoms with E-state index in [9.17, 15) is 0 Å². The first-order valence-electron chi connectivity index (χ1n) is 39.1. The smallest absolute Gasteiger partial charge is 0.237 e. The number of hydrogen-bond donors (Lipinski definition) is 1. The van der Waals surface area contributed by atoms with Crippen molar-refractivity contribution in [1.82, 2.24) is 48.6 Å². The summed E-state index contributed by atoms with van der Waals surface area (Å²) in [6, 6.07) is 139. The second kappa shape index (κ2) is 29.9. The Kier molecular flexibility index (Phi) is 17.7. The highest BCUT2D eigenvalue weighted by Crippen LogP contribution is 2.46. The normalized spacial score (nSPS) is 11.5. The van der Waals surface area contributed by atoms with E-state index in [0.29, 0.717) is 11.6 Å². The van der Waals surface area contributed by atoms with Gasteiger partial charge in [0.2, 0.25) is 11.2 Å². The highest BCUT2D eigenvalue weighted by molar-refractivity contribution is 6.28. The van der Waals surface area contributed by atoms with Crippen LogP contribution in [0.1, 0.15) is 0 Å². The minimum absolute atomic E-state index is 0.149. The zero-order chi connectivity index (χ0) is 77.7. The molecule has 0 bridgehead atoms. The molecular weight excluding hydrogens is 1450 g/mol. The van der Waals surface area contributed by atoms with Gasteiger partial charge in [-0.25, -0.2) is 24.9 Å². The molecule has 117 heavy (non-hydrogen) atoms. The summed E-state index contributed by atoms with van der Waals surface area (Å²) in [5.41, 5.74) is 25.5. The van der Waals surface area contributed by atoms with Crippen molar-refractivity contribution >= 4 is 131 Å². The van der Waals surface area contributed by atoms with Gasteiger partial charge in [-0.3, -0.25) is 4.57 Å². The van der Waals surface area contributed by atoms with Gasteiger partial charge in [0.15, 0.2) is 5.65 Å². The summed E-state index contributed by atoms with van der Waals surface area (Å²) < 4.78 is 7.02. The van der Waals surface area contributed by atoms with E-state index in [0.717, 1.165) is 72.1 Å². The van der Waals surface area contributed by atoms with Crippen LogP contribution in [-0.2, 0) is 0 Å². The molecule has 23 rings (SSSR count). The van der Waals surface area contributed by atoms with E-state index in [1.165, 1.54) is 127 Å². The van der Waals surface area contributed by atoms with Gasteiger partial charge >= 0.3 is 0 Å². The Morgan fingerprint density at radius 2 is 0.667 bits per heavy atom. The van der Waals surface area contributed by atoms with Gasteiger partial charge in [-0.05, 0) is 176 Å². The average Bonchev–Trinajstić information content (AvgIpc) is 1.60. The Hall–Kier alpha value is -15.5. The van der Waals surface area contributed by atoms with Gasteiger partial charge in [-0.2, -0.15) is 4.98 Å². The lowest BCUT2D eigenvalue weighted by Crippen LogP contribution is -2.04. The number of para-hydroxylation sites is 6. The van der Waals surface area contributed by atoms with Crippen molar-refractivity contribution in [3.63, 3.8) is 0 Å². The van der Waals surface area contributed by atoms with Crippen LogP contribution >= 0.6 is 11.6 Å². The molecule has 10 nitrogen and oxygen atoms in total. The monoisotopic (exact) mass is 1520 g/mol. The number of aromatic amines is 1. The minimum Gasteiger partial charge on any atom is -0.355 e. The van der Waals surface area contributed by atoms with Gasteiger partial charge in [0.1, 0.15) is 6.33 Å². The first-order valence-corrected chi connectivity index (χ1v) is 39.5. The lowest BCUT2D eigenvalue weighted by molar-refractivity contribution is 1.00. The van der Waals surface area contributed by atoms with E-state index in [2.05, 4.69) is 367 Å². The summed E-state index contributed by atoms with van der Waals surface area (Å²) in [5.74, 6) is 0.591. The summed E-state index contributed by atoms with van der Waals surface area (Å²) in [4.78, 5) is 31.0. The highest BCUT2D eigenvalue weighted by Gasteiger charge is 2.24. The van der Waals surface area contributed by atoms with E-state index in [4.69, 9.17) is 26.6 Å². The van der Waals surface area contributed by atoms with Crippen LogP contribution in [0.25, 0.3) is 204 Å². The molecule has 7 aromatic heterocycles. The number of fused-ring (bicyclic) bond motifs is 17. The summed E-state index contributed by atoms with van der Waals surface area (Å²) in [6.45, 7) is 0. The number of nitrogens with one attached hydrogen (secondary N) is 1. The molecule has 16 aromatic carbocycles. The average molecular weight is 1520 g/mol. The van der Waals surface area contributed by atoms with Crippen LogP contribution in [0.15, 0.2) is 413 Å². The topological polar surface area (TPSA) is 108 Å². The Morgan fingerprint density at radius 1 is 0.248 bits per heavy atom. The second-order valence-electron chi connectivity index (χ2n) is 29.1. The van der Waals surface area contributed by atoms with Crippen molar-refractivity contribution in [3.05, 3.63) is 418 Å². The third kappa shape index (κ3) is 12.7. The Morgan fingerprint density at radius 3 is 1.25 bits per heavy atom. The van der Waals surface area contributed by atoms with Crippen molar-refractivity contribution in [2.45, 2.75) is 0 Å². The van der Waals surface area contributed by atoms with Crippen LogP contribution in [0.2, 0.25) is 5.28 Å². The van der Waals surface area contributed by atoms with Crippen LogP contribution in [0.3, 0.4) is 0 Å². The largest absolute Gasteiger partial charge is 0.355 e. The highest BCUT2D eigenvalue weighted by atomic mass is 35.5. The summed E-state index contributed by atoms with van der Waals surface area (Å²) in [7, 11) is 0. The molecule has 7 heterocycles. The number of rotatable bonds is 9. The molecule has 0 unspecified atom stereocenters. The first-order chi connectivity index (χ1) is 58.0. The van der Waals surface area contributed by atoms with Crippen LogP contribution in [0.5, 0.6) is 0 Å². The van der Waals surface area contributed by atoms with Crippen LogP contribution in [0, 0.1) is 0 Å². The Bertz CT molecular complexity index is 7810. The van der Waals surface area contributed by atoms with Crippen molar-refractivity contribution in [3.8, 4) is 84.3 Å². The fourth-order valence-corrected chi connectivity index (χ4v) is 17.2. The predicted octanol–water partition coefficient (Wildman–Crippen LogP) is 27.6. The molecule has 0 aliphatic carbocycles. The summed E-state index contributed by atoms with van der Waals surface area (Å²) >= 11 is 6.00. The molecule has 550 valence electrons. The molecule has 0 amide bonds. The van der Waals surface area contributed by atoms with Gasteiger partial charge in [-0.1, -0.05) is 285 Å². The van der Waals surface area contributed by atoms with Crippen molar-refractivity contribution < 1.29 is 0 Å². The Balaban J connectivity index is 0.000000122. The zero-order valence-corrected chi connectivity index (χ0v) is 63.9. The minimum atomic E-state index is 0.149. The van der Waals surface area contributed by atoms with Crippen molar-refractivity contribution in [1.29, 1.82) is 0 Å². The van der Waals surface area contributed by atoms with E-state index in [1.807, 2.05) is 60.7 Å². The standard InChI is InChI=1S/C53H33N5.C34H22N2.C19H14ClN3/c1-3-14-34(15-4-1)35-25-27-36(28-26-35)50-43-22-13-31-54-52(43)56-53(55-50)58-48-24-12-9-19-40(48)45-32-37(29-30-49(45)58)44-33-46-41-20-10-11-23-47(41)57(38-16-5-2-6-17-38)51(46)42-21-8-7-18-39(42)44;1-2-10-23(11-3-1)36-33-17-9-7-14-26(33)30-21-28(24-12-4-5-15-27(24)34(30)36)22-18-19-32-29(20-22)25-13-6-8-16-31(25)35-32;20-19-22-14-21-13-5-4-8-18(23-19)17-11-9-16(10-12-17)15-6-2-1-3-7-15/h1-33H;1-21,35H;1-14H. The maximum absolute atomic E-state index is 6.00. The second-order valence-corrected chi connectivity index (χ2v) is 29.5. The molecule has 0 saturated heterocycles. The van der Waals surface area contributed by atoms with Gasteiger partial charge in [-0.15, -0.1) is 0 Å². The lowest BCUT2D eigenvalue weighted by Gasteiger charge is -2.13. The number of pyridine rings is 1. The van der Waals surface area contributed by atoms with Crippen LogP contribution < -0.4 is 0 Å². The summed E-state index contributed by atoms with van der Waals surface area (Å²) in [5, 5.41) is 15.9. The zero-order valence-electron chi connectivity index (χ0n) is 63.2. The van der Waals surface area contributed by atoms with Crippen molar-refractivity contribution in [2.75, 3.05) is 0 Å². The van der Waals surface area contributed by atoms with E-state index < -0.39 is 0 Å². The quantitative estimate of drug-likeness (QED) is 0.154. The third-order valence-electron chi connectivity index (χ3n) is 22.4. The number of nitrogens with zero attached hydrogens (tertiary/aromatic N) is 9. The number of benzene rings is 16. The predicted molar refractivity (Wildman–Crippen MR) is 486 cm³/mol. The molecule has 0 atom stereocenters. The van der Waals surface area contributed by atoms with Gasteiger partial charge < -0.3 is 14.1 Å². The molecule has 0 aliphatic rings. The summed E-state index contributed by atoms with van der Waals surface area (Å²) in [6.07, 6.45) is 4.82. The maximum atomic E-state index is 6.00. The molecule has 0 saturated carbocycles. The van der Waals surface area contributed by atoms with Crippen LogP contribution in [-0.4, -0.2) is 48.6 Å². The SMILES string of the molecule is Clc1ncnccccc(-c2ccc(-c3ccccc3)cc2)n1.c1ccc(-c2ccc(-c3nc(-n4c5ccccc5c5cc(-c6cc7c8ccccc8n(-c8ccccc8)c7c7ccccc67)ccc54)nc4ncccc34)cc2)cc1.c1ccc(-n2c3ccccc3c3cc(-c4ccc5[nH]c6ccccc6c5c4)c4ccccc4c32)cc1. The molecule has 23 aromatic rings. The first kappa shape index (κ1) is 69.5. The number of halogens is 1. The number of H-pyrrole nitrogens is 1. The molecule has 11 heteroatoms. The number of hydrogen-bond acceptors (Lipinski definition) is 6. The molecule has 0 radical (unpaired) electrons. The number of aromatic nitrogens is 10. The van der Waals surface area contributed by atoms with Gasteiger partial charge in [0, 0.05) is 105 Å². The van der Waals surface area contributed by atoms with Gasteiger partial charge in [0.05, 0.1) is 44.5 Å². The van der Waals surface area contributed by atoms with E-state index in [-0.39, 0.29) is 5.28 Å². The van der Waals surface area contributed by atoms with E-state index >= 15 is 0 Å². The van der Waals surface area contributed by atoms with Crippen LogP contribution in [0.4, 0.5) is 0 Å². The van der Waals surface area contributed by atoms with E-state index in [1.54, 1.807) is 12.4 Å². The lowest BCUT2D eigenvalue weighted by atomic mass is 9.94. The molecule has 1 N–H and O–H groups in total. The van der Waals surface area contributed by atoms with Gasteiger partial charge in [0.25, 0.3) is 0 Å². The third-order valence-corrected chi connectivity index (χ3v) is 22.6. The molecule has 0 aliphatic heterocycles. The molecule has 0 fully saturated rings. The fraction of sp³-hybridized carbons (Fsp3) is 0. The Labute approximate surface area is 678 Å². The maximum Gasteiger partial charge on any atom is 0.237 e. The fourth-order valence-electron chi connectivity index (χ4n) is 17.1. The molecule has 0 spiro atoms. The molecular formula is C106H69ClN10.